The van der Waals surface area contributed by atoms with Gasteiger partial charge in [0, 0.05) is 67.7 Å². The number of aromatic hydroxyl groups is 1. The third-order valence-corrected chi connectivity index (χ3v) is 10.8. The zero-order valence-electron chi connectivity index (χ0n) is 33.9. The molecule has 0 spiro atoms. The second-order valence-electron chi connectivity index (χ2n) is 15.1. The molecule has 14 heteroatoms. The molecule has 2 aliphatic rings. The Morgan fingerprint density at radius 2 is 1.67 bits per heavy atom. The zero-order valence-corrected chi connectivity index (χ0v) is 33.9. The number of phenolic OH excluding ortho intramolecular Hbond substituents is 1. The number of amides is 4. The summed E-state index contributed by atoms with van der Waals surface area (Å²) in [5.41, 5.74) is 5.92. The number of carbonyl (C=O) groups excluding carboxylic acids is 4. The van der Waals surface area contributed by atoms with E-state index in [1.807, 2.05) is 78.9 Å². The summed E-state index contributed by atoms with van der Waals surface area (Å²) in [6, 6.07) is 34.9. The normalized spacial score (nSPS) is 14.5. The molecule has 0 aliphatic carbocycles. The molecule has 0 saturated carbocycles. The van der Waals surface area contributed by atoms with Gasteiger partial charge in [0.1, 0.15) is 17.5 Å². The van der Waals surface area contributed by atoms with Crippen molar-refractivity contribution in [1.82, 2.24) is 10.2 Å². The Hall–Kier alpha value is -6.74. The van der Waals surface area contributed by atoms with Crippen LogP contribution in [0.25, 0.3) is 11.1 Å². The van der Waals surface area contributed by atoms with Crippen molar-refractivity contribution in [3.63, 3.8) is 0 Å². The number of piperidine rings is 1. The summed E-state index contributed by atoms with van der Waals surface area (Å²) in [7, 11) is 1.71. The fraction of sp³-hybridized carbons (Fsp3) is 0.277. The number of rotatable bonds is 15. The van der Waals surface area contributed by atoms with Crippen LogP contribution in [-0.4, -0.2) is 91.4 Å². The van der Waals surface area contributed by atoms with E-state index in [-0.39, 0.29) is 54.2 Å². The van der Waals surface area contributed by atoms with E-state index in [0.717, 1.165) is 16.7 Å². The largest absolute Gasteiger partial charge is 0.506 e. The number of aliphatic hydroxyl groups excluding tert-OH is 1. The van der Waals surface area contributed by atoms with Crippen LogP contribution in [0, 0.1) is 0 Å². The molecule has 1 fully saturated rings. The van der Waals surface area contributed by atoms with Crippen LogP contribution in [0.1, 0.15) is 46.9 Å². The molecule has 5 aromatic carbocycles. The fourth-order valence-electron chi connectivity index (χ4n) is 7.40. The molecule has 4 amide bonds. The minimum atomic E-state index is -0.924. The second kappa shape index (κ2) is 20.0. The molecule has 14 nitrogen and oxygen atoms in total. The van der Waals surface area contributed by atoms with Crippen molar-refractivity contribution in [2.24, 2.45) is 0 Å². The van der Waals surface area contributed by atoms with Crippen LogP contribution in [0.5, 0.6) is 11.5 Å². The van der Waals surface area contributed by atoms with Crippen LogP contribution in [0.15, 0.2) is 115 Å². The van der Waals surface area contributed by atoms with Crippen LogP contribution < -0.4 is 30.9 Å². The first-order valence-corrected chi connectivity index (χ1v) is 20.4. The number of nitrogens with one attached hydrogen (secondary N) is 4. The Morgan fingerprint density at radius 1 is 0.918 bits per heavy atom. The molecule has 6 N–H and O–H groups in total. The number of phenols is 1. The van der Waals surface area contributed by atoms with Gasteiger partial charge in [0.05, 0.1) is 11.8 Å². The van der Waals surface area contributed by atoms with E-state index >= 15 is 0 Å². The number of hydrogen-bond acceptors (Lipinski definition) is 10. The van der Waals surface area contributed by atoms with Crippen LogP contribution in [-0.2, 0) is 20.7 Å². The van der Waals surface area contributed by atoms with E-state index in [4.69, 9.17) is 9.47 Å². The number of benzene rings is 5. The molecule has 0 radical (unpaired) electrons. The maximum absolute atomic E-state index is 13.2. The number of ether oxygens (including phenoxy) is 2. The first-order chi connectivity index (χ1) is 29.6. The first kappa shape index (κ1) is 42.4. The third kappa shape index (κ3) is 11.1. The highest BCUT2D eigenvalue weighted by atomic mass is 16.6. The first-order valence-electron chi connectivity index (χ1n) is 20.4. The molecule has 5 aromatic rings. The minimum absolute atomic E-state index is 0.0738. The van der Waals surface area contributed by atoms with Gasteiger partial charge in [-0.1, -0.05) is 66.7 Å². The zero-order chi connectivity index (χ0) is 42.7. The van der Waals surface area contributed by atoms with Crippen molar-refractivity contribution in [3.8, 4) is 22.6 Å². The summed E-state index contributed by atoms with van der Waals surface area (Å²) in [5.74, 6) is -0.619. The lowest BCUT2D eigenvalue weighted by Crippen LogP contribution is -2.40. The topological polar surface area (TPSA) is 182 Å². The Labute approximate surface area is 354 Å². The van der Waals surface area contributed by atoms with Crippen molar-refractivity contribution in [1.29, 1.82) is 0 Å². The highest BCUT2D eigenvalue weighted by Gasteiger charge is 2.26. The lowest BCUT2D eigenvalue weighted by molar-refractivity contribution is -0.119. The van der Waals surface area contributed by atoms with Gasteiger partial charge in [-0.25, -0.2) is 4.79 Å². The fourth-order valence-corrected chi connectivity index (χ4v) is 7.40. The maximum atomic E-state index is 13.2. The van der Waals surface area contributed by atoms with E-state index in [1.54, 1.807) is 42.3 Å². The summed E-state index contributed by atoms with van der Waals surface area (Å²) in [6.07, 6.45) is 0.692. The van der Waals surface area contributed by atoms with E-state index < -0.39 is 12.2 Å². The van der Waals surface area contributed by atoms with Crippen LogP contribution in [0.4, 0.5) is 27.5 Å². The lowest BCUT2D eigenvalue weighted by Gasteiger charge is -2.31. The van der Waals surface area contributed by atoms with Crippen molar-refractivity contribution in [3.05, 3.63) is 132 Å². The number of fused-ring (bicyclic) bond motifs is 1. The lowest BCUT2D eigenvalue weighted by atomic mass is 10.0. The van der Waals surface area contributed by atoms with Gasteiger partial charge >= 0.3 is 6.09 Å². The van der Waals surface area contributed by atoms with Crippen molar-refractivity contribution < 1.29 is 38.9 Å². The molecule has 0 unspecified atom stereocenters. The van der Waals surface area contributed by atoms with Crippen molar-refractivity contribution in [2.75, 3.05) is 67.2 Å². The van der Waals surface area contributed by atoms with Crippen LogP contribution in [0.2, 0.25) is 0 Å². The highest BCUT2D eigenvalue weighted by molar-refractivity contribution is 6.05. The van der Waals surface area contributed by atoms with E-state index in [1.165, 1.54) is 6.07 Å². The molecule has 0 aromatic heterocycles. The van der Waals surface area contributed by atoms with Crippen LogP contribution >= 0.6 is 0 Å². The summed E-state index contributed by atoms with van der Waals surface area (Å²) in [6.45, 7) is 2.59. The Bertz CT molecular complexity index is 2330. The van der Waals surface area contributed by atoms with Crippen molar-refractivity contribution >= 4 is 46.6 Å². The number of para-hydroxylation sites is 1. The quantitative estimate of drug-likeness (QED) is 0.0499. The number of likely N-dealkylation sites (tertiary alicyclic amines) is 1. The molecule has 0 bridgehead atoms. The van der Waals surface area contributed by atoms with Gasteiger partial charge in [-0.3, -0.25) is 19.7 Å². The summed E-state index contributed by atoms with van der Waals surface area (Å²) in [5, 5.41) is 32.5. The Kier molecular flexibility index (Phi) is 13.9. The number of nitrogens with zero attached hydrogens (tertiary/aromatic N) is 2. The van der Waals surface area contributed by atoms with E-state index in [9.17, 15) is 29.4 Å². The van der Waals surface area contributed by atoms with E-state index in [2.05, 4.69) is 26.2 Å². The molecule has 1 atom stereocenters. The molecule has 61 heavy (non-hydrogen) atoms. The Morgan fingerprint density at radius 3 is 2.46 bits per heavy atom. The molecule has 316 valence electrons. The van der Waals surface area contributed by atoms with E-state index in [0.29, 0.717) is 80.1 Å². The molecule has 2 aliphatic heterocycles. The van der Waals surface area contributed by atoms with Gasteiger partial charge in [-0.2, -0.15) is 0 Å². The summed E-state index contributed by atoms with van der Waals surface area (Å²) < 4.78 is 11.2. The summed E-state index contributed by atoms with van der Waals surface area (Å²) in [4.78, 5) is 54.7. The number of anilines is 4. The van der Waals surface area contributed by atoms with Gasteiger partial charge in [0.25, 0.3) is 11.8 Å². The smallest absolute Gasteiger partial charge is 0.411 e. The number of carbonyl (C=O) groups is 4. The van der Waals surface area contributed by atoms with Crippen molar-refractivity contribution in [2.45, 2.75) is 37.9 Å². The molecule has 1 saturated heterocycles. The Balaban J connectivity index is 0.810. The van der Waals surface area contributed by atoms with Gasteiger partial charge in [-0.15, -0.1) is 0 Å². The van der Waals surface area contributed by atoms with Gasteiger partial charge < -0.3 is 45.4 Å². The maximum Gasteiger partial charge on any atom is 0.411 e. The summed E-state index contributed by atoms with van der Waals surface area (Å²) >= 11 is 0. The molecular formula is C47H50N6O8. The van der Waals surface area contributed by atoms with Crippen LogP contribution in [0.3, 0.4) is 0 Å². The molecule has 7 rings (SSSR count). The van der Waals surface area contributed by atoms with Gasteiger partial charge in [-0.05, 0) is 85.5 Å². The number of hydrogen-bond donors (Lipinski definition) is 6. The monoisotopic (exact) mass is 826 g/mol. The average Bonchev–Trinajstić information content (AvgIpc) is 3.28. The predicted octanol–water partition coefficient (Wildman–Crippen LogP) is 6.57. The second-order valence-corrected chi connectivity index (χ2v) is 15.1. The molecule has 2 heterocycles. The number of aliphatic hydroxyl groups is 1. The van der Waals surface area contributed by atoms with Gasteiger partial charge in [0.15, 0.2) is 12.4 Å². The molecular weight excluding hydrogens is 777 g/mol. The average molecular weight is 827 g/mol. The highest BCUT2D eigenvalue weighted by Crippen LogP contribution is 2.41. The predicted molar refractivity (Wildman–Crippen MR) is 234 cm³/mol. The SMILES string of the molecule is CN(C(=O)CCN1CCC(OC(=O)Nc2ccccc2-c2ccccc2)CC1)c1cccc(C(=O)Nc2ccc(CCNC[C@H](O)c3ccc(O)c4c3OCC(=O)N4)cc2)c1. The van der Waals surface area contributed by atoms with Gasteiger partial charge in [0.2, 0.25) is 5.91 Å². The standard InChI is InChI=1S/C47H50N6O8/c1-52(43(57)23-27-53-25-21-36(22-26-53)61-47(59)50-39-13-6-5-12-37(39)32-8-3-2-4-9-32)35-11-7-10-33(28-35)46(58)49-34-16-14-31(15-17-34)20-24-48-29-41(55)38-18-19-40(54)44-45(38)60-30-42(56)51-44/h2-19,28,36,41,48,54-55H,20-27,29-30H2,1H3,(H,49,58)(H,50,59)(H,51,56)/t41-/m0/s1. The minimum Gasteiger partial charge on any atom is -0.506 e. The third-order valence-electron chi connectivity index (χ3n) is 10.8.